The fourth-order valence-corrected chi connectivity index (χ4v) is 0.628. The van der Waals surface area contributed by atoms with Crippen LogP contribution >= 0.6 is 0 Å². The van der Waals surface area contributed by atoms with E-state index in [1.54, 1.807) is 0 Å². The highest BCUT2D eigenvalue weighted by molar-refractivity contribution is 5.76. The molecule has 0 radical (unpaired) electrons. The van der Waals surface area contributed by atoms with Gasteiger partial charge in [0.05, 0.1) is 0 Å². The zero-order chi connectivity index (χ0) is 13.4. The number of carboxylic acids is 2. The van der Waals surface area contributed by atoms with Gasteiger partial charge >= 0.3 is 11.9 Å². The van der Waals surface area contributed by atoms with Crippen molar-refractivity contribution in [1.82, 2.24) is 0 Å². The summed E-state index contributed by atoms with van der Waals surface area (Å²) in [4.78, 5) is 19.7. The Bertz CT molecular complexity index is 221. The number of aliphatic carboxylic acids is 2. The van der Waals surface area contributed by atoms with E-state index in [1.807, 2.05) is 6.92 Å². The van der Waals surface area contributed by atoms with Crippen LogP contribution in [0.4, 0.5) is 0 Å². The van der Waals surface area contributed by atoms with Gasteiger partial charge in [0.25, 0.3) is 0 Å². The Morgan fingerprint density at radius 1 is 1.31 bits per heavy atom. The van der Waals surface area contributed by atoms with Gasteiger partial charge in [-0.2, -0.15) is 0 Å². The van der Waals surface area contributed by atoms with Crippen LogP contribution < -0.4 is 0 Å². The van der Waals surface area contributed by atoms with Crippen molar-refractivity contribution in [3.63, 3.8) is 0 Å². The molecule has 0 aromatic rings. The first-order valence-electron chi connectivity index (χ1n) is 5.01. The summed E-state index contributed by atoms with van der Waals surface area (Å²) in [7, 11) is 0. The molecule has 2 unspecified atom stereocenters. The lowest BCUT2D eigenvalue weighted by Gasteiger charge is -2.16. The smallest absolute Gasteiger partial charge is 0.335 e. The summed E-state index contributed by atoms with van der Waals surface area (Å²) in [6, 6.07) is 0. The lowest BCUT2D eigenvalue weighted by atomic mass is 10.00. The monoisotopic (exact) mass is 236 g/mol. The molecular formula is C10H20O6. The van der Waals surface area contributed by atoms with Crippen LogP contribution in [0.2, 0.25) is 0 Å². The fourth-order valence-electron chi connectivity index (χ4n) is 0.628. The van der Waals surface area contributed by atoms with E-state index >= 15 is 0 Å². The Hall–Kier alpha value is -1.14. The molecule has 4 N–H and O–H groups in total. The second-order valence-corrected chi connectivity index (χ2v) is 3.70. The maximum Gasteiger partial charge on any atom is 0.335 e. The summed E-state index contributed by atoms with van der Waals surface area (Å²) in [6.45, 7) is 4.48. The lowest BCUT2D eigenvalue weighted by Crippen LogP contribution is -2.34. The number of aliphatic hydroxyl groups excluding tert-OH is 1. The Morgan fingerprint density at radius 3 is 1.88 bits per heavy atom. The third-order valence-electron chi connectivity index (χ3n) is 1.84. The van der Waals surface area contributed by atoms with E-state index in [0.29, 0.717) is 6.42 Å². The van der Waals surface area contributed by atoms with Crippen molar-refractivity contribution in [1.29, 1.82) is 0 Å². The van der Waals surface area contributed by atoms with Crippen molar-refractivity contribution in [2.75, 3.05) is 0 Å². The van der Waals surface area contributed by atoms with Crippen molar-refractivity contribution in [2.45, 2.75) is 51.7 Å². The molecule has 0 saturated carbocycles. The number of carboxylic acid groups (broad SMARTS) is 2. The lowest BCUT2D eigenvalue weighted by molar-refractivity contribution is -0.157. The van der Waals surface area contributed by atoms with Crippen LogP contribution in [0.15, 0.2) is 0 Å². The number of hydrogen-bond acceptors (Lipinski definition) is 4. The summed E-state index contributed by atoms with van der Waals surface area (Å²) >= 11 is 0. The minimum Gasteiger partial charge on any atom is -0.479 e. The van der Waals surface area contributed by atoms with E-state index in [-0.39, 0.29) is 0 Å². The highest BCUT2D eigenvalue weighted by Gasteiger charge is 2.28. The van der Waals surface area contributed by atoms with Gasteiger partial charge in [-0.25, -0.2) is 9.59 Å². The Labute approximate surface area is 94.5 Å². The Morgan fingerprint density at radius 2 is 1.69 bits per heavy atom. The number of hydrogen-bond donors (Lipinski definition) is 4. The first-order valence-corrected chi connectivity index (χ1v) is 5.01. The molecule has 0 aliphatic rings. The SMILES string of the molecule is CC(O)C(=O)O.CCCCC(C)(O)C(=O)O. The standard InChI is InChI=1S/C7H14O3.C3H6O3/c1-3-4-5-7(2,10)6(8)9;1-2(4)3(5)6/h10H,3-5H2,1-2H3,(H,8,9);2,4H,1H3,(H,5,6). The van der Waals surface area contributed by atoms with E-state index in [0.717, 1.165) is 12.8 Å². The normalized spacial score (nSPS) is 15.3. The first-order chi connectivity index (χ1) is 7.15. The molecule has 0 heterocycles. The molecule has 6 heteroatoms. The van der Waals surface area contributed by atoms with Gasteiger partial charge in [0.2, 0.25) is 0 Å². The quantitative estimate of drug-likeness (QED) is 0.551. The predicted octanol–water partition coefficient (Wildman–Crippen LogP) is 0.464. The molecule has 0 bridgehead atoms. The van der Waals surface area contributed by atoms with Crippen molar-refractivity contribution < 1.29 is 30.0 Å². The number of rotatable bonds is 5. The van der Waals surface area contributed by atoms with Crippen molar-refractivity contribution >= 4 is 11.9 Å². The number of carbonyl (C=O) groups is 2. The van der Waals surface area contributed by atoms with Gasteiger partial charge < -0.3 is 20.4 Å². The average Bonchev–Trinajstić information content (AvgIpc) is 2.15. The predicted molar refractivity (Wildman–Crippen MR) is 57.1 cm³/mol. The molecule has 6 nitrogen and oxygen atoms in total. The minimum atomic E-state index is -1.53. The van der Waals surface area contributed by atoms with E-state index < -0.39 is 23.6 Å². The molecule has 16 heavy (non-hydrogen) atoms. The Kier molecular flexibility index (Phi) is 8.70. The summed E-state index contributed by atoms with van der Waals surface area (Å²) in [5.74, 6) is -2.32. The summed E-state index contributed by atoms with van der Waals surface area (Å²) in [5, 5.41) is 33.3. The second-order valence-electron chi connectivity index (χ2n) is 3.70. The van der Waals surface area contributed by atoms with E-state index in [2.05, 4.69) is 0 Å². The van der Waals surface area contributed by atoms with Gasteiger partial charge in [-0.15, -0.1) is 0 Å². The number of aliphatic hydroxyl groups is 2. The summed E-state index contributed by atoms with van der Waals surface area (Å²) < 4.78 is 0. The Balaban J connectivity index is 0. The largest absolute Gasteiger partial charge is 0.479 e. The van der Waals surface area contributed by atoms with E-state index in [9.17, 15) is 9.59 Å². The van der Waals surface area contributed by atoms with Gasteiger partial charge in [0.15, 0.2) is 5.60 Å². The third-order valence-corrected chi connectivity index (χ3v) is 1.84. The topological polar surface area (TPSA) is 115 Å². The molecule has 0 aromatic carbocycles. The van der Waals surface area contributed by atoms with Gasteiger partial charge in [-0.1, -0.05) is 19.8 Å². The van der Waals surface area contributed by atoms with Gasteiger partial charge in [-0.05, 0) is 20.3 Å². The molecular weight excluding hydrogens is 216 g/mol. The molecule has 0 saturated heterocycles. The van der Waals surface area contributed by atoms with E-state index in [1.165, 1.54) is 13.8 Å². The molecule has 0 fully saturated rings. The highest BCUT2D eigenvalue weighted by Crippen LogP contribution is 2.12. The average molecular weight is 236 g/mol. The molecule has 96 valence electrons. The van der Waals surface area contributed by atoms with Crippen LogP contribution in [0.5, 0.6) is 0 Å². The minimum absolute atomic E-state index is 0.332. The molecule has 0 rings (SSSR count). The molecule has 0 amide bonds. The van der Waals surface area contributed by atoms with Crippen molar-refractivity contribution in [3.05, 3.63) is 0 Å². The van der Waals surface area contributed by atoms with E-state index in [4.69, 9.17) is 20.4 Å². The molecule has 2 atom stereocenters. The molecule has 0 aliphatic heterocycles. The van der Waals surface area contributed by atoms with Crippen LogP contribution in [-0.2, 0) is 9.59 Å². The summed E-state index contributed by atoms with van der Waals surface area (Å²) in [5.41, 5.74) is -1.53. The summed E-state index contributed by atoms with van der Waals surface area (Å²) in [6.07, 6.45) is 0.756. The second kappa shape index (κ2) is 8.06. The molecule has 0 aliphatic carbocycles. The highest BCUT2D eigenvalue weighted by atomic mass is 16.4. The van der Waals surface area contributed by atoms with Crippen LogP contribution in [0.1, 0.15) is 40.0 Å². The van der Waals surface area contributed by atoms with Crippen molar-refractivity contribution in [2.24, 2.45) is 0 Å². The first kappa shape index (κ1) is 17.3. The van der Waals surface area contributed by atoms with Crippen molar-refractivity contribution in [3.8, 4) is 0 Å². The van der Waals surface area contributed by atoms with Crippen LogP contribution in [0, 0.1) is 0 Å². The zero-order valence-electron chi connectivity index (χ0n) is 9.80. The zero-order valence-corrected chi connectivity index (χ0v) is 9.80. The van der Waals surface area contributed by atoms with Gasteiger partial charge in [-0.3, -0.25) is 0 Å². The van der Waals surface area contributed by atoms with Crippen LogP contribution in [0.25, 0.3) is 0 Å². The third kappa shape index (κ3) is 9.42. The maximum absolute atomic E-state index is 10.3. The van der Waals surface area contributed by atoms with Gasteiger partial charge in [0.1, 0.15) is 6.10 Å². The maximum atomic E-state index is 10.3. The van der Waals surface area contributed by atoms with Crippen LogP contribution in [-0.4, -0.2) is 44.1 Å². The fraction of sp³-hybridized carbons (Fsp3) is 0.800. The van der Waals surface area contributed by atoms with Crippen LogP contribution in [0.3, 0.4) is 0 Å². The van der Waals surface area contributed by atoms with Gasteiger partial charge in [0, 0.05) is 0 Å². The molecule has 0 spiro atoms. The number of unbranched alkanes of at least 4 members (excludes halogenated alkanes) is 1. The molecule has 0 aromatic heterocycles.